The smallest absolute Gasteiger partial charge is 0.225 e. The number of hydrogen-bond donors (Lipinski definition) is 1. The molecule has 0 spiro atoms. The molecule has 4 aliphatic rings. The summed E-state index contributed by atoms with van der Waals surface area (Å²) in [6.07, 6.45) is 4.56. The fraction of sp³-hybridized carbons (Fsp3) is 0.650. The standard InChI is InChI=1S/C20H27NO2/c1-14(2)17(21-18(22)15-8-9-23-10-15)20-11-19(12-20,13-20)16-6-4-3-5-7-16/h3-7,14-15,17H,8-13H2,1-2H3,(H,21,22). The van der Waals surface area contributed by atoms with Crippen molar-refractivity contribution >= 4 is 5.91 Å². The van der Waals surface area contributed by atoms with Crippen molar-refractivity contribution in [1.29, 1.82) is 0 Å². The zero-order valence-electron chi connectivity index (χ0n) is 14.2. The Balaban J connectivity index is 1.44. The summed E-state index contributed by atoms with van der Waals surface area (Å²) in [6, 6.07) is 11.2. The van der Waals surface area contributed by atoms with Crippen LogP contribution in [0.4, 0.5) is 0 Å². The van der Waals surface area contributed by atoms with Crippen LogP contribution in [0.2, 0.25) is 0 Å². The molecule has 1 saturated heterocycles. The maximum absolute atomic E-state index is 12.5. The van der Waals surface area contributed by atoms with Gasteiger partial charge in [0.25, 0.3) is 0 Å². The fourth-order valence-electron chi connectivity index (χ4n) is 5.33. The summed E-state index contributed by atoms with van der Waals surface area (Å²) >= 11 is 0. The van der Waals surface area contributed by atoms with Gasteiger partial charge in [0.15, 0.2) is 0 Å². The zero-order chi connectivity index (χ0) is 16.1. The van der Waals surface area contributed by atoms with E-state index in [2.05, 4.69) is 49.5 Å². The third kappa shape index (κ3) is 2.32. The molecule has 3 aliphatic carbocycles. The lowest BCUT2D eigenvalue weighted by molar-refractivity contribution is -0.176. The molecule has 4 fully saturated rings. The van der Waals surface area contributed by atoms with Crippen molar-refractivity contribution in [2.45, 2.75) is 51.0 Å². The van der Waals surface area contributed by atoms with Crippen molar-refractivity contribution in [3.05, 3.63) is 35.9 Å². The maximum atomic E-state index is 12.5. The zero-order valence-corrected chi connectivity index (χ0v) is 14.2. The SMILES string of the molecule is CC(C)C(NC(=O)C1CCOC1)C12CC(c3ccccc3)(C1)C2. The normalized spacial score (nSPS) is 36.2. The van der Waals surface area contributed by atoms with E-state index >= 15 is 0 Å². The Morgan fingerprint density at radius 3 is 2.48 bits per heavy atom. The first kappa shape index (κ1) is 15.2. The average molecular weight is 313 g/mol. The first-order valence-corrected chi connectivity index (χ1v) is 8.98. The van der Waals surface area contributed by atoms with Crippen molar-refractivity contribution in [2.75, 3.05) is 13.2 Å². The number of carbonyl (C=O) groups excluding carboxylic acids is 1. The molecule has 1 amide bonds. The van der Waals surface area contributed by atoms with Crippen LogP contribution in [-0.4, -0.2) is 25.2 Å². The number of benzene rings is 1. The molecule has 2 bridgehead atoms. The van der Waals surface area contributed by atoms with Gasteiger partial charge in [-0.2, -0.15) is 0 Å². The molecule has 1 aliphatic heterocycles. The lowest BCUT2D eigenvalue weighted by Crippen LogP contribution is -2.73. The molecular formula is C20H27NO2. The van der Waals surface area contributed by atoms with Gasteiger partial charge in [0.2, 0.25) is 5.91 Å². The van der Waals surface area contributed by atoms with Crippen LogP contribution >= 0.6 is 0 Å². The highest BCUT2D eigenvalue weighted by Crippen LogP contribution is 2.75. The molecule has 1 N–H and O–H groups in total. The average Bonchev–Trinajstić information content (AvgIpc) is 2.98. The van der Waals surface area contributed by atoms with E-state index in [1.807, 2.05) is 0 Å². The van der Waals surface area contributed by atoms with Gasteiger partial charge in [-0.05, 0) is 48.0 Å². The van der Waals surface area contributed by atoms with E-state index in [0.717, 1.165) is 13.0 Å². The predicted molar refractivity (Wildman–Crippen MR) is 90.1 cm³/mol. The summed E-state index contributed by atoms with van der Waals surface area (Å²) in [7, 11) is 0. The molecule has 1 aromatic carbocycles. The lowest BCUT2D eigenvalue weighted by atomic mass is 9.31. The van der Waals surface area contributed by atoms with E-state index in [-0.39, 0.29) is 11.8 Å². The summed E-state index contributed by atoms with van der Waals surface area (Å²) in [5.41, 5.74) is 2.22. The molecule has 23 heavy (non-hydrogen) atoms. The number of ether oxygens (including phenoxy) is 1. The summed E-state index contributed by atoms with van der Waals surface area (Å²) in [5.74, 6) is 0.752. The number of carbonyl (C=O) groups is 1. The van der Waals surface area contributed by atoms with E-state index in [0.29, 0.717) is 29.4 Å². The molecule has 3 heteroatoms. The number of amides is 1. The predicted octanol–water partition coefficient (Wildman–Crippen LogP) is 3.29. The maximum Gasteiger partial charge on any atom is 0.225 e. The Kier molecular flexibility index (Phi) is 3.53. The molecule has 1 aromatic rings. The number of rotatable bonds is 5. The van der Waals surface area contributed by atoms with E-state index in [9.17, 15) is 4.79 Å². The van der Waals surface area contributed by atoms with Gasteiger partial charge in [0, 0.05) is 12.6 Å². The lowest BCUT2D eigenvalue weighted by Gasteiger charge is -2.74. The van der Waals surface area contributed by atoms with Crippen molar-refractivity contribution in [3.8, 4) is 0 Å². The van der Waals surface area contributed by atoms with Crippen molar-refractivity contribution in [2.24, 2.45) is 17.3 Å². The van der Waals surface area contributed by atoms with Crippen LogP contribution in [0, 0.1) is 17.3 Å². The first-order valence-electron chi connectivity index (χ1n) is 8.98. The van der Waals surface area contributed by atoms with E-state index in [1.165, 1.54) is 24.8 Å². The minimum atomic E-state index is 0.0617. The van der Waals surface area contributed by atoms with Gasteiger partial charge in [-0.1, -0.05) is 44.2 Å². The second kappa shape index (κ2) is 5.34. The van der Waals surface area contributed by atoms with Crippen LogP contribution in [0.1, 0.15) is 45.1 Å². The second-order valence-corrected chi connectivity index (χ2v) is 8.33. The summed E-state index contributed by atoms with van der Waals surface area (Å²) < 4.78 is 5.37. The Morgan fingerprint density at radius 2 is 1.91 bits per heavy atom. The van der Waals surface area contributed by atoms with E-state index < -0.39 is 0 Å². The minimum absolute atomic E-state index is 0.0617. The Morgan fingerprint density at radius 1 is 1.22 bits per heavy atom. The van der Waals surface area contributed by atoms with Crippen molar-refractivity contribution in [3.63, 3.8) is 0 Å². The Labute approximate surface area is 138 Å². The quantitative estimate of drug-likeness (QED) is 0.906. The van der Waals surface area contributed by atoms with Gasteiger partial charge >= 0.3 is 0 Å². The molecule has 2 unspecified atom stereocenters. The molecule has 0 radical (unpaired) electrons. The van der Waals surface area contributed by atoms with Crippen molar-refractivity contribution < 1.29 is 9.53 Å². The molecular weight excluding hydrogens is 286 g/mol. The van der Waals surface area contributed by atoms with Gasteiger partial charge in [0.1, 0.15) is 0 Å². The third-order valence-electron chi connectivity index (χ3n) is 6.38. The van der Waals surface area contributed by atoms with Gasteiger partial charge in [-0.15, -0.1) is 0 Å². The van der Waals surface area contributed by atoms with Gasteiger partial charge in [-0.25, -0.2) is 0 Å². The van der Waals surface area contributed by atoms with Crippen LogP contribution in [0.5, 0.6) is 0 Å². The van der Waals surface area contributed by atoms with E-state index in [1.54, 1.807) is 0 Å². The number of nitrogens with one attached hydrogen (secondary N) is 1. The van der Waals surface area contributed by atoms with Crippen LogP contribution in [0.15, 0.2) is 30.3 Å². The number of hydrogen-bond acceptors (Lipinski definition) is 2. The van der Waals surface area contributed by atoms with E-state index in [4.69, 9.17) is 4.74 Å². The fourth-order valence-corrected chi connectivity index (χ4v) is 5.33. The minimum Gasteiger partial charge on any atom is -0.381 e. The third-order valence-corrected chi connectivity index (χ3v) is 6.38. The highest BCUT2D eigenvalue weighted by molar-refractivity contribution is 5.79. The molecule has 0 aromatic heterocycles. The van der Waals surface area contributed by atoms with Gasteiger partial charge in [0.05, 0.1) is 12.5 Å². The highest BCUT2D eigenvalue weighted by Gasteiger charge is 2.71. The topological polar surface area (TPSA) is 38.3 Å². The Bertz CT molecular complexity index is 569. The molecule has 2 atom stereocenters. The largest absolute Gasteiger partial charge is 0.381 e. The second-order valence-electron chi connectivity index (χ2n) is 8.33. The van der Waals surface area contributed by atoms with Gasteiger partial charge in [-0.3, -0.25) is 4.79 Å². The first-order chi connectivity index (χ1) is 11.0. The van der Waals surface area contributed by atoms with Crippen LogP contribution in [0.25, 0.3) is 0 Å². The summed E-state index contributed by atoms with van der Waals surface area (Å²) in [4.78, 5) is 12.5. The summed E-state index contributed by atoms with van der Waals surface area (Å²) in [5, 5.41) is 3.39. The van der Waals surface area contributed by atoms with Crippen LogP contribution in [0.3, 0.4) is 0 Å². The molecule has 3 nitrogen and oxygen atoms in total. The van der Waals surface area contributed by atoms with Crippen molar-refractivity contribution in [1.82, 2.24) is 5.32 Å². The highest BCUT2D eigenvalue weighted by atomic mass is 16.5. The summed E-state index contributed by atoms with van der Waals surface area (Å²) in [6.45, 7) is 5.81. The van der Waals surface area contributed by atoms with Crippen LogP contribution in [-0.2, 0) is 14.9 Å². The monoisotopic (exact) mass is 313 g/mol. The molecule has 5 rings (SSSR count). The Hall–Kier alpha value is -1.35. The molecule has 3 saturated carbocycles. The molecule has 1 heterocycles. The van der Waals surface area contributed by atoms with Crippen LogP contribution < -0.4 is 5.32 Å². The molecule has 124 valence electrons. The van der Waals surface area contributed by atoms with Gasteiger partial charge < -0.3 is 10.1 Å².